The van der Waals surface area contributed by atoms with E-state index in [1.165, 1.54) is 6.92 Å². The number of aliphatic carboxylic acids is 1. The Kier molecular flexibility index (Phi) is 14.8. The Bertz CT molecular complexity index is 659. The van der Waals surface area contributed by atoms with E-state index in [4.69, 9.17) is 22.9 Å². The Hall–Kier alpha value is -2.58. The van der Waals surface area contributed by atoms with Crippen LogP contribution < -0.4 is 38.9 Å². The van der Waals surface area contributed by atoms with Crippen LogP contribution in [0.5, 0.6) is 0 Å². The van der Waals surface area contributed by atoms with E-state index in [1.807, 2.05) is 0 Å². The van der Waals surface area contributed by atoms with Gasteiger partial charge >= 0.3 is 5.97 Å². The number of nitrogens with zero attached hydrogens (tertiary/aromatic N) is 1. The summed E-state index contributed by atoms with van der Waals surface area (Å²) in [6, 6.07) is -4.07. The van der Waals surface area contributed by atoms with Crippen LogP contribution in [0.4, 0.5) is 0 Å². The van der Waals surface area contributed by atoms with Crippen LogP contribution in [-0.2, 0) is 19.2 Å². The number of carboxylic acid groups (broad SMARTS) is 1. The van der Waals surface area contributed by atoms with Gasteiger partial charge in [-0.2, -0.15) is 12.6 Å². The van der Waals surface area contributed by atoms with Crippen LogP contribution in [0.15, 0.2) is 4.99 Å². The highest BCUT2D eigenvalue weighted by atomic mass is 32.1. The van der Waals surface area contributed by atoms with Crippen LogP contribution in [0.1, 0.15) is 39.0 Å². The molecule has 32 heavy (non-hydrogen) atoms. The highest BCUT2D eigenvalue weighted by Crippen LogP contribution is 2.03. The summed E-state index contributed by atoms with van der Waals surface area (Å²) in [5.41, 5.74) is 21.6. The van der Waals surface area contributed by atoms with Gasteiger partial charge in [-0.3, -0.25) is 19.4 Å². The Morgan fingerprint density at radius 1 is 0.938 bits per heavy atom. The predicted octanol–water partition coefficient (Wildman–Crippen LogP) is -3.01. The molecule has 0 radical (unpaired) electrons. The predicted molar refractivity (Wildman–Crippen MR) is 124 cm³/mol. The van der Waals surface area contributed by atoms with Gasteiger partial charge in [0.2, 0.25) is 17.7 Å². The van der Waals surface area contributed by atoms with Gasteiger partial charge in [0.1, 0.15) is 18.1 Å². The third kappa shape index (κ3) is 12.3. The number of guanidine groups is 1. The summed E-state index contributed by atoms with van der Waals surface area (Å²) in [4.78, 5) is 52.4. The lowest BCUT2D eigenvalue weighted by molar-refractivity contribution is -0.142. The second-order valence-corrected chi connectivity index (χ2v) is 7.58. The summed E-state index contributed by atoms with van der Waals surface area (Å²) < 4.78 is 0. The molecule has 0 aromatic carbocycles. The van der Waals surface area contributed by atoms with Crippen molar-refractivity contribution in [3.05, 3.63) is 0 Å². The number of unbranched alkanes of at least 4 members (excludes halogenated alkanes) is 1. The topological polar surface area (TPSA) is 241 Å². The standard InChI is InChI=1S/C18H36N8O5S/c1-10(14(27)26-13(17(30)31)5-2-3-7-19)24-16(29)12(6-4-8-23-18(21)22)25-15(28)11(20)9-32/h10-13,32H,2-9,19-20H2,1H3,(H,24,29)(H,25,28)(H,26,27)(H,30,31)(H4,21,22,23). The number of aliphatic imine (C=N–C) groups is 1. The fourth-order valence-corrected chi connectivity index (χ4v) is 2.73. The number of carbonyl (C=O) groups excluding carboxylic acids is 3. The van der Waals surface area contributed by atoms with Crippen molar-refractivity contribution in [2.24, 2.45) is 27.9 Å². The first-order valence-corrected chi connectivity index (χ1v) is 10.9. The second-order valence-electron chi connectivity index (χ2n) is 7.21. The smallest absolute Gasteiger partial charge is 0.326 e. The third-order valence-corrected chi connectivity index (χ3v) is 4.82. The van der Waals surface area contributed by atoms with Gasteiger partial charge in [-0.25, -0.2) is 4.79 Å². The number of rotatable bonds is 16. The van der Waals surface area contributed by atoms with E-state index < -0.39 is 47.9 Å². The van der Waals surface area contributed by atoms with Gasteiger partial charge < -0.3 is 44.0 Å². The SMILES string of the molecule is CC(NC(=O)C(CCCN=C(N)N)NC(=O)C(N)CS)C(=O)NC(CCCCN)C(=O)O. The number of nitrogens with one attached hydrogen (secondary N) is 3. The molecule has 0 rings (SSSR count). The van der Waals surface area contributed by atoms with Crippen molar-refractivity contribution >= 4 is 42.3 Å². The normalized spacial score (nSPS) is 14.4. The first-order valence-electron chi connectivity index (χ1n) is 10.3. The number of amides is 3. The number of thiol groups is 1. The molecule has 14 heteroatoms. The van der Waals surface area contributed by atoms with Gasteiger partial charge in [-0.1, -0.05) is 0 Å². The third-order valence-electron chi connectivity index (χ3n) is 4.43. The zero-order valence-corrected chi connectivity index (χ0v) is 19.1. The molecule has 0 bridgehead atoms. The van der Waals surface area contributed by atoms with Crippen molar-refractivity contribution < 1.29 is 24.3 Å². The Balaban J connectivity index is 5.04. The molecule has 0 aromatic heterocycles. The lowest BCUT2D eigenvalue weighted by atomic mass is 10.1. The van der Waals surface area contributed by atoms with Gasteiger partial charge in [0, 0.05) is 12.3 Å². The Labute approximate surface area is 192 Å². The summed E-state index contributed by atoms with van der Waals surface area (Å²) in [5.74, 6) is -3.09. The van der Waals surface area contributed by atoms with Gasteiger partial charge in [0.15, 0.2) is 5.96 Å². The molecular formula is C18H36N8O5S. The molecule has 0 saturated carbocycles. The molecule has 0 aromatic rings. The quantitative estimate of drug-likeness (QED) is 0.0476. The molecule has 0 fully saturated rings. The second kappa shape index (κ2) is 16.1. The maximum Gasteiger partial charge on any atom is 0.326 e. The molecule has 3 amide bonds. The molecule has 0 heterocycles. The maximum absolute atomic E-state index is 12.7. The zero-order valence-electron chi connectivity index (χ0n) is 18.3. The van der Waals surface area contributed by atoms with Gasteiger partial charge in [0.05, 0.1) is 6.04 Å². The number of nitrogens with two attached hydrogens (primary N) is 4. The van der Waals surface area contributed by atoms with Crippen LogP contribution in [0.3, 0.4) is 0 Å². The van der Waals surface area contributed by atoms with E-state index in [0.717, 1.165) is 0 Å². The molecule has 12 N–H and O–H groups in total. The van der Waals surface area contributed by atoms with E-state index in [2.05, 4.69) is 33.6 Å². The average molecular weight is 477 g/mol. The minimum absolute atomic E-state index is 0.0771. The average Bonchev–Trinajstić information content (AvgIpc) is 2.73. The number of carboxylic acids is 1. The fourth-order valence-electron chi connectivity index (χ4n) is 2.56. The number of hydrogen-bond donors (Lipinski definition) is 9. The van der Waals surface area contributed by atoms with Gasteiger partial charge in [-0.05, 0) is 45.6 Å². The summed E-state index contributed by atoms with van der Waals surface area (Å²) in [7, 11) is 0. The van der Waals surface area contributed by atoms with E-state index in [9.17, 15) is 24.3 Å². The molecule has 0 aliphatic carbocycles. The van der Waals surface area contributed by atoms with Crippen molar-refractivity contribution in [2.45, 2.75) is 63.2 Å². The lowest BCUT2D eigenvalue weighted by Gasteiger charge is -2.23. The highest BCUT2D eigenvalue weighted by Gasteiger charge is 2.27. The van der Waals surface area contributed by atoms with Gasteiger partial charge in [0.25, 0.3) is 0 Å². The summed E-state index contributed by atoms with van der Waals surface area (Å²) in [6.45, 7) is 2.06. The summed E-state index contributed by atoms with van der Waals surface area (Å²) >= 11 is 3.96. The van der Waals surface area contributed by atoms with Crippen molar-refractivity contribution in [1.82, 2.24) is 16.0 Å². The van der Waals surface area contributed by atoms with Crippen molar-refractivity contribution in [3.63, 3.8) is 0 Å². The first kappa shape index (κ1) is 29.4. The first-order chi connectivity index (χ1) is 15.0. The molecule has 4 unspecified atom stereocenters. The van der Waals surface area contributed by atoms with Crippen LogP contribution in [0.25, 0.3) is 0 Å². The minimum atomic E-state index is -1.18. The van der Waals surface area contributed by atoms with Crippen molar-refractivity contribution in [2.75, 3.05) is 18.8 Å². The number of hydrogen-bond acceptors (Lipinski definition) is 8. The molecule has 184 valence electrons. The highest BCUT2D eigenvalue weighted by molar-refractivity contribution is 7.80. The van der Waals surface area contributed by atoms with E-state index in [-0.39, 0.29) is 31.1 Å². The molecule has 0 aliphatic heterocycles. The van der Waals surface area contributed by atoms with E-state index >= 15 is 0 Å². The van der Waals surface area contributed by atoms with Crippen LogP contribution in [0, 0.1) is 0 Å². The van der Waals surface area contributed by atoms with Crippen LogP contribution >= 0.6 is 12.6 Å². The number of carbonyl (C=O) groups is 4. The molecule has 0 aliphatic rings. The zero-order chi connectivity index (χ0) is 24.7. The minimum Gasteiger partial charge on any atom is -0.480 e. The monoisotopic (exact) mass is 476 g/mol. The Morgan fingerprint density at radius 3 is 2.06 bits per heavy atom. The van der Waals surface area contributed by atoms with Crippen molar-refractivity contribution in [1.29, 1.82) is 0 Å². The van der Waals surface area contributed by atoms with Gasteiger partial charge in [-0.15, -0.1) is 0 Å². The largest absolute Gasteiger partial charge is 0.480 e. The molecule has 13 nitrogen and oxygen atoms in total. The lowest BCUT2D eigenvalue weighted by Crippen LogP contribution is -2.56. The maximum atomic E-state index is 12.7. The summed E-state index contributed by atoms with van der Waals surface area (Å²) in [6.07, 6.45) is 1.92. The van der Waals surface area contributed by atoms with E-state index in [1.54, 1.807) is 0 Å². The van der Waals surface area contributed by atoms with Crippen LogP contribution in [0.2, 0.25) is 0 Å². The van der Waals surface area contributed by atoms with Crippen molar-refractivity contribution in [3.8, 4) is 0 Å². The molecule has 4 atom stereocenters. The molecular weight excluding hydrogens is 440 g/mol. The summed E-state index contributed by atoms with van der Waals surface area (Å²) in [5, 5.41) is 16.7. The molecule has 0 spiro atoms. The van der Waals surface area contributed by atoms with Crippen LogP contribution in [-0.4, -0.2) is 77.8 Å². The molecule has 0 saturated heterocycles. The van der Waals surface area contributed by atoms with E-state index in [0.29, 0.717) is 25.8 Å². The fraction of sp³-hybridized carbons (Fsp3) is 0.722. The Morgan fingerprint density at radius 2 is 1.53 bits per heavy atom.